The van der Waals surface area contributed by atoms with Crippen molar-refractivity contribution in [2.24, 2.45) is 0 Å². The molecule has 4 fully saturated rings. The maximum Gasteiger partial charge on any atom is 0.186 e. The van der Waals surface area contributed by atoms with Crippen LogP contribution >= 0.6 is 0 Å². The topological polar surface area (TPSA) is 236 Å². The van der Waals surface area contributed by atoms with Gasteiger partial charge in [0.25, 0.3) is 0 Å². The summed E-state index contributed by atoms with van der Waals surface area (Å²) in [6, 6.07) is 0. The molecule has 0 aromatic heterocycles. The fourth-order valence-electron chi connectivity index (χ4n) is 5.33. The normalized spacial score (nSPS) is 48.9. The van der Waals surface area contributed by atoms with Gasteiger partial charge in [-0.15, -0.1) is 0 Å². The predicted octanol–water partition coefficient (Wildman–Crippen LogP) is -4.34. The molecule has 0 bridgehead atoms. The van der Waals surface area contributed by atoms with Gasteiger partial charge in [0.15, 0.2) is 24.2 Å². The van der Waals surface area contributed by atoms with E-state index in [-0.39, 0.29) is 13.2 Å². The van der Waals surface area contributed by atoms with Gasteiger partial charge in [-0.1, -0.05) is 0 Å². The van der Waals surface area contributed by atoms with Crippen LogP contribution in [0.15, 0.2) is 0 Å². The number of hydrogen-bond donors (Lipinski definition) is 8. The van der Waals surface area contributed by atoms with E-state index in [0.29, 0.717) is 0 Å². The van der Waals surface area contributed by atoms with Crippen LogP contribution in [0.3, 0.4) is 0 Å². The molecule has 8 N–H and O–H groups in total. The van der Waals surface area contributed by atoms with Gasteiger partial charge in [0.2, 0.25) is 0 Å². The average molecular weight is 587 g/mol. The van der Waals surface area contributed by atoms with Crippen LogP contribution in [0.4, 0.5) is 0 Å². The number of ether oxygens (including phenoxy) is 8. The molecule has 4 heterocycles. The van der Waals surface area contributed by atoms with Gasteiger partial charge in [0.05, 0.1) is 26.4 Å². The fourth-order valence-corrected chi connectivity index (χ4v) is 5.33. The molecule has 16 nitrogen and oxygen atoms in total. The van der Waals surface area contributed by atoms with Gasteiger partial charge in [0.1, 0.15) is 73.2 Å². The van der Waals surface area contributed by atoms with Crippen molar-refractivity contribution in [3.8, 4) is 0 Å². The summed E-state index contributed by atoms with van der Waals surface area (Å²) in [6.07, 6.45) is -17.8. The molecule has 4 aliphatic heterocycles. The van der Waals surface area contributed by atoms with Gasteiger partial charge in [-0.25, -0.2) is 0 Å². The summed E-state index contributed by atoms with van der Waals surface area (Å²) in [6.45, 7) is 5.06. The summed E-state index contributed by atoms with van der Waals surface area (Å²) in [4.78, 5) is 0. The molecule has 0 spiro atoms. The maximum absolute atomic E-state index is 10.3. The van der Waals surface area contributed by atoms with Gasteiger partial charge in [-0.05, 0) is 27.7 Å². The Morgan fingerprint density at radius 2 is 0.850 bits per heavy atom. The van der Waals surface area contributed by atoms with Crippen LogP contribution < -0.4 is 0 Å². The number of hydrogen-bond acceptors (Lipinski definition) is 16. The molecule has 0 aromatic carbocycles. The molecule has 4 rings (SSSR count). The highest BCUT2D eigenvalue weighted by Crippen LogP contribution is 2.39. The summed E-state index contributed by atoms with van der Waals surface area (Å²) < 4.78 is 46.5. The molecule has 40 heavy (non-hydrogen) atoms. The van der Waals surface area contributed by atoms with Crippen molar-refractivity contribution in [2.75, 3.05) is 26.4 Å². The molecular formula is C24H42O16. The van der Waals surface area contributed by atoms with E-state index in [1.54, 1.807) is 27.7 Å². The number of aliphatic hydroxyl groups is 8. The van der Waals surface area contributed by atoms with Gasteiger partial charge in [0, 0.05) is 0 Å². The van der Waals surface area contributed by atoms with Gasteiger partial charge >= 0.3 is 0 Å². The highest BCUT2D eigenvalue weighted by Gasteiger charge is 2.55. The standard InChI is InChI=1S/C24H42O16/c1-23(2)37-11(7-33-21-17(31)15(29)13(27)9(5-25)35-21)19(39-23)20-12(38-24(3,4)40-20)8-34-22-18(32)16(30)14(28)10(6-26)36-22/h9-22,25-32H,5-8H2,1-4H3/t9-,10-,11-,12+,13-,14-,15+,16+,17-,18-,19+,20-,21-,22-/m1/s1. The Morgan fingerprint density at radius 3 is 1.18 bits per heavy atom. The first-order valence-electron chi connectivity index (χ1n) is 13.2. The molecule has 0 aliphatic carbocycles. The minimum Gasteiger partial charge on any atom is -0.394 e. The highest BCUT2D eigenvalue weighted by atomic mass is 16.8. The zero-order valence-corrected chi connectivity index (χ0v) is 22.8. The Kier molecular flexibility index (Phi) is 10.1. The summed E-state index contributed by atoms with van der Waals surface area (Å²) in [5.74, 6) is -2.18. The van der Waals surface area contributed by atoms with Crippen LogP contribution in [0, 0.1) is 0 Å². The molecule has 0 amide bonds. The maximum atomic E-state index is 10.3. The van der Waals surface area contributed by atoms with Gasteiger partial charge in [-0.2, -0.15) is 0 Å². The van der Waals surface area contributed by atoms with Crippen LogP contribution in [-0.4, -0.2) is 165 Å². The van der Waals surface area contributed by atoms with E-state index in [2.05, 4.69) is 0 Å². The lowest BCUT2D eigenvalue weighted by Gasteiger charge is -2.40. The quantitative estimate of drug-likeness (QED) is 0.127. The Bertz CT molecular complexity index is 759. The smallest absolute Gasteiger partial charge is 0.186 e. The van der Waals surface area contributed by atoms with Crippen molar-refractivity contribution in [1.29, 1.82) is 0 Å². The summed E-state index contributed by atoms with van der Waals surface area (Å²) in [7, 11) is 0. The number of rotatable bonds is 9. The molecule has 4 saturated heterocycles. The zero-order valence-electron chi connectivity index (χ0n) is 22.8. The lowest BCUT2D eigenvalue weighted by molar-refractivity contribution is -0.306. The van der Waals surface area contributed by atoms with Crippen LogP contribution in [-0.2, 0) is 37.9 Å². The molecule has 0 saturated carbocycles. The number of aliphatic hydroxyl groups excluding tert-OH is 8. The second-order valence-electron chi connectivity index (χ2n) is 11.3. The van der Waals surface area contributed by atoms with E-state index in [9.17, 15) is 40.9 Å². The summed E-state index contributed by atoms with van der Waals surface area (Å²) >= 11 is 0. The first-order valence-corrected chi connectivity index (χ1v) is 13.2. The molecule has 234 valence electrons. The summed E-state index contributed by atoms with van der Waals surface area (Å²) in [5, 5.41) is 79.6. The monoisotopic (exact) mass is 586 g/mol. The van der Waals surface area contributed by atoms with E-state index in [1.807, 2.05) is 0 Å². The first kappa shape index (κ1) is 32.3. The molecule has 16 heteroatoms. The van der Waals surface area contributed by atoms with E-state index in [0.717, 1.165) is 0 Å². The van der Waals surface area contributed by atoms with Crippen molar-refractivity contribution in [2.45, 2.75) is 125 Å². The predicted molar refractivity (Wildman–Crippen MR) is 127 cm³/mol. The third-order valence-electron chi connectivity index (χ3n) is 7.31. The third-order valence-corrected chi connectivity index (χ3v) is 7.31. The molecular weight excluding hydrogens is 544 g/mol. The fraction of sp³-hybridized carbons (Fsp3) is 1.00. The molecule has 0 aromatic rings. The minimum atomic E-state index is -1.61. The van der Waals surface area contributed by atoms with E-state index >= 15 is 0 Å². The summed E-state index contributed by atoms with van der Waals surface area (Å²) in [5.41, 5.74) is 0. The van der Waals surface area contributed by atoms with Gasteiger partial charge < -0.3 is 78.7 Å². The Balaban J connectivity index is 1.44. The average Bonchev–Trinajstić information content (AvgIpc) is 3.38. The Labute approximate surface area is 230 Å². The van der Waals surface area contributed by atoms with Gasteiger partial charge in [-0.3, -0.25) is 0 Å². The van der Waals surface area contributed by atoms with Crippen LogP contribution in [0.2, 0.25) is 0 Å². The molecule has 0 unspecified atom stereocenters. The highest BCUT2D eigenvalue weighted by molar-refractivity contribution is 4.97. The van der Waals surface area contributed by atoms with Crippen LogP contribution in [0.25, 0.3) is 0 Å². The van der Waals surface area contributed by atoms with E-state index < -0.39 is 111 Å². The second-order valence-corrected chi connectivity index (χ2v) is 11.3. The largest absolute Gasteiger partial charge is 0.394 e. The Morgan fingerprint density at radius 1 is 0.500 bits per heavy atom. The molecule has 4 aliphatic rings. The lowest BCUT2D eigenvalue weighted by Crippen LogP contribution is -2.60. The zero-order chi connectivity index (χ0) is 29.6. The lowest BCUT2D eigenvalue weighted by atomic mass is 9.99. The van der Waals surface area contributed by atoms with Crippen LogP contribution in [0.5, 0.6) is 0 Å². The minimum absolute atomic E-state index is 0.211. The van der Waals surface area contributed by atoms with E-state index in [1.165, 1.54) is 0 Å². The van der Waals surface area contributed by atoms with Crippen LogP contribution in [0.1, 0.15) is 27.7 Å². The Hall–Kier alpha value is -0.640. The molecule has 14 atom stereocenters. The van der Waals surface area contributed by atoms with E-state index in [4.69, 9.17) is 37.9 Å². The molecule has 0 radical (unpaired) electrons. The van der Waals surface area contributed by atoms with Crippen molar-refractivity contribution in [1.82, 2.24) is 0 Å². The second kappa shape index (κ2) is 12.5. The first-order chi connectivity index (χ1) is 18.7. The van der Waals surface area contributed by atoms with Crippen molar-refractivity contribution in [3.63, 3.8) is 0 Å². The van der Waals surface area contributed by atoms with Crippen molar-refractivity contribution < 1.29 is 78.7 Å². The SMILES string of the molecule is CC1(C)O[C@@H]([C@H]2OC(C)(C)O[C@@H]2CO[C@@H]2O[C@H](CO)[C@@H](O)[C@H](O)[C@H]2O)[C@H](CO[C@@H]2O[C@H](CO)[C@@H](O)[C@H](O)[C@H]2O)O1. The van der Waals surface area contributed by atoms with Crippen molar-refractivity contribution in [3.05, 3.63) is 0 Å². The third kappa shape index (κ3) is 6.78. The van der Waals surface area contributed by atoms with Crippen molar-refractivity contribution >= 4 is 0 Å².